The molecule has 3 aromatic carbocycles. The summed E-state index contributed by atoms with van der Waals surface area (Å²) in [6, 6.07) is 17.7. The summed E-state index contributed by atoms with van der Waals surface area (Å²) in [4.78, 5) is 26.7. The zero-order chi connectivity index (χ0) is 28.2. The monoisotopic (exact) mass is 538 g/mol. The highest BCUT2D eigenvalue weighted by Crippen LogP contribution is 2.48. The SMILES string of the molecule is CCCCCc1ccc(C2(C(F)(F)F)CC(c3ccc(C)cc3)=C(C(=O)Nc3ccc(F)cc3)C(=O)N2)cc1. The Hall–Kier alpha value is -3.94. The summed E-state index contributed by atoms with van der Waals surface area (Å²) in [6.45, 7) is 3.91. The van der Waals surface area contributed by atoms with Crippen molar-refractivity contribution >= 4 is 23.1 Å². The number of anilines is 1. The van der Waals surface area contributed by atoms with Gasteiger partial charge in [0.05, 0.1) is 0 Å². The van der Waals surface area contributed by atoms with Crippen LogP contribution in [0.5, 0.6) is 0 Å². The first kappa shape index (κ1) is 28.1. The smallest absolute Gasteiger partial charge is 0.334 e. The maximum absolute atomic E-state index is 14.9. The lowest BCUT2D eigenvalue weighted by Gasteiger charge is -2.41. The predicted molar refractivity (Wildman–Crippen MR) is 143 cm³/mol. The predicted octanol–water partition coefficient (Wildman–Crippen LogP) is 7.24. The first-order chi connectivity index (χ1) is 18.5. The highest BCUT2D eigenvalue weighted by molar-refractivity contribution is 6.28. The second-order valence-corrected chi connectivity index (χ2v) is 9.87. The third-order valence-corrected chi connectivity index (χ3v) is 7.03. The summed E-state index contributed by atoms with van der Waals surface area (Å²) in [5.74, 6) is -2.54. The maximum Gasteiger partial charge on any atom is 0.416 e. The van der Waals surface area contributed by atoms with Gasteiger partial charge in [-0.15, -0.1) is 0 Å². The number of unbranched alkanes of at least 4 members (excludes halogenated alkanes) is 2. The van der Waals surface area contributed by atoms with E-state index in [9.17, 15) is 27.2 Å². The Morgan fingerprint density at radius 2 is 1.59 bits per heavy atom. The van der Waals surface area contributed by atoms with Gasteiger partial charge in [-0.05, 0) is 66.3 Å². The van der Waals surface area contributed by atoms with E-state index in [0.717, 1.165) is 48.9 Å². The third kappa shape index (κ3) is 6.05. The van der Waals surface area contributed by atoms with Crippen molar-refractivity contribution in [3.8, 4) is 0 Å². The minimum absolute atomic E-state index is 0.0253. The van der Waals surface area contributed by atoms with Crippen LogP contribution in [0.1, 0.15) is 54.9 Å². The second kappa shape index (κ2) is 11.4. The Morgan fingerprint density at radius 3 is 2.18 bits per heavy atom. The van der Waals surface area contributed by atoms with Gasteiger partial charge in [0.15, 0.2) is 5.54 Å². The molecule has 2 N–H and O–H groups in total. The molecule has 0 fully saturated rings. The van der Waals surface area contributed by atoms with Crippen LogP contribution < -0.4 is 10.6 Å². The summed E-state index contributed by atoms with van der Waals surface area (Å²) < 4.78 is 58.0. The summed E-state index contributed by atoms with van der Waals surface area (Å²) in [5, 5.41) is 4.66. The molecule has 0 bridgehead atoms. The van der Waals surface area contributed by atoms with Crippen LogP contribution in [0.3, 0.4) is 0 Å². The average molecular weight is 539 g/mol. The molecule has 0 radical (unpaired) electrons. The molecule has 1 atom stereocenters. The normalized spacial score (nSPS) is 17.6. The van der Waals surface area contributed by atoms with Crippen LogP contribution in [0.4, 0.5) is 23.2 Å². The van der Waals surface area contributed by atoms with Crippen LogP contribution in [0.15, 0.2) is 78.4 Å². The molecule has 2 amide bonds. The van der Waals surface area contributed by atoms with Crippen molar-refractivity contribution < 1.29 is 27.2 Å². The topological polar surface area (TPSA) is 58.2 Å². The number of aryl methyl sites for hydroxylation is 2. The molecular weight excluding hydrogens is 508 g/mol. The first-order valence-corrected chi connectivity index (χ1v) is 12.9. The number of nitrogens with one attached hydrogen (secondary N) is 2. The highest BCUT2D eigenvalue weighted by Gasteiger charge is 2.60. The largest absolute Gasteiger partial charge is 0.416 e. The summed E-state index contributed by atoms with van der Waals surface area (Å²) in [5.41, 5.74) is -0.947. The summed E-state index contributed by atoms with van der Waals surface area (Å²) >= 11 is 0. The summed E-state index contributed by atoms with van der Waals surface area (Å²) in [7, 11) is 0. The molecule has 8 heteroatoms. The molecule has 0 aromatic heterocycles. The molecule has 1 aliphatic heterocycles. The zero-order valence-corrected chi connectivity index (χ0v) is 21.8. The number of hydrogen-bond acceptors (Lipinski definition) is 2. The van der Waals surface area contributed by atoms with Crippen LogP contribution in [0.2, 0.25) is 0 Å². The molecule has 204 valence electrons. The Bertz CT molecular complexity index is 1360. The molecular formula is C31H30F4N2O2. The number of amides is 2. The molecule has 1 unspecified atom stereocenters. The lowest BCUT2D eigenvalue weighted by atomic mass is 9.76. The fraction of sp³-hybridized carbons (Fsp3) is 0.290. The molecule has 0 aliphatic carbocycles. The Labute approximate surface area is 225 Å². The number of carbonyl (C=O) groups is 2. The zero-order valence-electron chi connectivity index (χ0n) is 21.8. The number of rotatable bonds is 8. The van der Waals surface area contributed by atoms with Gasteiger partial charge in [-0.25, -0.2) is 4.39 Å². The van der Waals surface area contributed by atoms with Gasteiger partial charge in [0.25, 0.3) is 11.8 Å². The van der Waals surface area contributed by atoms with Gasteiger partial charge in [-0.1, -0.05) is 73.9 Å². The Kier molecular flexibility index (Phi) is 8.23. The fourth-order valence-electron chi connectivity index (χ4n) is 4.80. The minimum Gasteiger partial charge on any atom is -0.334 e. The van der Waals surface area contributed by atoms with Crippen LogP contribution >= 0.6 is 0 Å². The van der Waals surface area contributed by atoms with Gasteiger partial charge >= 0.3 is 6.18 Å². The van der Waals surface area contributed by atoms with Crippen molar-refractivity contribution in [2.45, 2.75) is 57.7 Å². The number of hydrogen-bond donors (Lipinski definition) is 2. The lowest BCUT2D eigenvalue weighted by molar-refractivity contribution is -0.201. The standard InChI is InChI=1S/C31H30F4N2O2/c1-3-4-5-6-21-9-13-23(14-10-21)30(31(33,34)35)19-26(22-11-7-20(2)8-12-22)27(29(39)37-30)28(38)36-25-17-15-24(32)16-18-25/h7-18H,3-6,19H2,1-2H3,(H,36,38)(H,37,39). The van der Waals surface area contributed by atoms with Gasteiger partial charge in [-0.3, -0.25) is 9.59 Å². The van der Waals surface area contributed by atoms with Gasteiger partial charge in [0.2, 0.25) is 0 Å². The van der Waals surface area contributed by atoms with E-state index in [4.69, 9.17) is 0 Å². The molecule has 0 saturated heterocycles. The summed E-state index contributed by atoms with van der Waals surface area (Å²) in [6.07, 6.45) is -1.79. The number of carbonyl (C=O) groups excluding carboxylic acids is 2. The van der Waals surface area contributed by atoms with Crippen molar-refractivity contribution in [3.05, 3.63) is 106 Å². The van der Waals surface area contributed by atoms with Gasteiger partial charge < -0.3 is 10.6 Å². The quantitative estimate of drug-likeness (QED) is 0.181. The van der Waals surface area contributed by atoms with E-state index in [0.29, 0.717) is 5.56 Å². The molecule has 4 rings (SSSR count). The van der Waals surface area contributed by atoms with E-state index in [1.807, 2.05) is 6.92 Å². The van der Waals surface area contributed by atoms with Crippen molar-refractivity contribution in [2.24, 2.45) is 0 Å². The van der Waals surface area contributed by atoms with Crippen molar-refractivity contribution in [3.63, 3.8) is 0 Å². The Morgan fingerprint density at radius 1 is 0.949 bits per heavy atom. The van der Waals surface area contributed by atoms with Crippen LogP contribution in [0, 0.1) is 12.7 Å². The van der Waals surface area contributed by atoms with E-state index in [1.165, 1.54) is 24.3 Å². The van der Waals surface area contributed by atoms with Gasteiger partial charge in [0, 0.05) is 12.1 Å². The van der Waals surface area contributed by atoms with Crippen LogP contribution in [-0.2, 0) is 21.5 Å². The van der Waals surface area contributed by atoms with E-state index in [-0.39, 0.29) is 16.8 Å². The molecule has 0 saturated carbocycles. The van der Waals surface area contributed by atoms with Crippen LogP contribution in [-0.4, -0.2) is 18.0 Å². The van der Waals surface area contributed by atoms with Crippen molar-refractivity contribution in [1.82, 2.24) is 5.32 Å². The minimum atomic E-state index is -4.86. The number of halogens is 4. The van der Waals surface area contributed by atoms with E-state index >= 15 is 0 Å². The van der Waals surface area contributed by atoms with E-state index in [1.54, 1.807) is 36.4 Å². The highest BCUT2D eigenvalue weighted by atomic mass is 19.4. The van der Waals surface area contributed by atoms with E-state index < -0.39 is 41.3 Å². The first-order valence-electron chi connectivity index (χ1n) is 12.9. The van der Waals surface area contributed by atoms with E-state index in [2.05, 4.69) is 17.6 Å². The van der Waals surface area contributed by atoms with Gasteiger partial charge in [0.1, 0.15) is 11.4 Å². The number of alkyl halides is 3. The third-order valence-electron chi connectivity index (χ3n) is 7.03. The average Bonchev–Trinajstić information content (AvgIpc) is 2.90. The molecule has 4 nitrogen and oxygen atoms in total. The van der Waals surface area contributed by atoms with Crippen molar-refractivity contribution in [2.75, 3.05) is 5.32 Å². The second-order valence-electron chi connectivity index (χ2n) is 9.87. The molecule has 3 aromatic rings. The molecule has 39 heavy (non-hydrogen) atoms. The van der Waals surface area contributed by atoms with Gasteiger partial charge in [-0.2, -0.15) is 13.2 Å². The molecule has 1 aliphatic rings. The lowest BCUT2D eigenvalue weighted by Crippen LogP contribution is -2.59. The van der Waals surface area contributed by atoms with Crippen molar-refractivity contribution in [1.29, 1.82) is 0 Å². The maximum atomic E-state index is 14.9. The molecule has 0 spiro atoms. The van der Waals surface area contributed by atoms with Crippen LogP contribution in [0.25, 0.3) is 5.57 Å². The number of benzene rings is 3. The fourth-order valence-corrected chi connectivity index (χ4v) is 4.80. The Balaban J connectivity index is 1.79. The molecule has 1 heterocycles.